The molecule has 0 bridgehead atoms. The second-order valence-electron chi connectivity index (χ2n) is 5.26. The van der Waals surface area contributed by atoms with E-state index in [4.69, 9.17) is 10.3 Å². The Morgan fingerprint density at radius 2 is 2.35 bits per heavy atom. The zero-order valence-corrected chi connectivity index (χ0v) is 9.92. The summed E-state index contributed by atoms with van der Waals surface area (Å²) in [5.74, 6) is 1.82. The number of hydrogen-bond donors (Lipinski definition) is 1. The molecule has 2 heterocycles. The molecule has 1 aliphatic rings. The first kappa shape index (κ1) is 10.3. The number of hydrogen-bond acceptors (Lipinski definition) is 5. The molecular weight excluding hydrogens is 218 g/mol. The Kier molecular flexibility index (Phi) is 2.01. The van der Waals surface area contributed by atoms with E-state index < -0.39 is 0 Å². The lowest BCUT2D eigenvalue weighted by atomic mass is 10.1. The highest BCUT2D eigenvalue weighted by atomic mass is 16.5. The number of nitrogen functional groups attached to an aromatic ring is 1. The summed E-state index contributed by atoms with van der Waals surface area (Å²) in [6, 6.07) is 0. The molecule has 2 aromatic heterocycles. The molecule has 6 nitrogen and oxygen atoms in total. The number of rotatable bonds is 3. The van der Waals surface area contributed by atoms with Crippen molar-refractivity contribution in [2.24, 2.45) is 5.41 Å². The van der Waals surface area contributed by atoms with Crippen molar-refractivity contribution in [3.8, 4) is 0 Å². The van der Waals surface area contributed by atoms with Gasteiger partial charge in [-0.15, -0.1) is 0 Å². The van der Waals surface area contributed by atoms with Crippen LogP contribution in [0.2, 0.25) is 0 Å². The first-order chi connectivity index (χ1) is 8.04. The van der Waals surface area contributed by atoms with Gasteiger partial charge in [0.15, 0.2) is 5.82 Å². The second-order valence-corrected chi connectivity index (χ2v) is 5.26. The standard InChI is InChI=1S/C11H15N5O/c1-11(2)3-8(11)10-14-9(17-15-10)6-16-5-7(12)4-13-16/h4-5,8H,3,6,12H2,1-2H3. The van der Waals surface area contributed by atoms with E-state index in [-0.39, 0.29) is 0 Å². The lowest BCUT2D eigenvalue weighted by Gasteiger charge is -1.96. The van der Waals surface area contributed by atoms with E-state index in [9.17, 15) is 0 Å². The Balaban J connectivity index is 1.73. The van der Waals surface area contributed by atoms with E-state index in [1.807, 2.05) is 0 Å². The Labute approximate surface area is 98.8 Å². The number of anilines is 1. The molecule has 0 spiro atoms. The summed E-state index contributed by atoms with van der Waals surface area (Å²) in [5, 5.41) is 8.09. The fourth-order valence-electron chi connectivity index (χ4n) is 1.99. The normalized spacial score (nSPS) is 21.6. The van der Waals surface area contributed by atoms with Gasteiger partial charge in [0.1, 0.15) is 6.54 Å². The molecule has 1 atom stereocenters. The summed E-state index contributed by atoms with van der Waals surface area (Å²) in [6.07, 6.45) is 4.47. The Bertz CT molecular complexity index is 542. The third-order valence-corrected chi connectivity index (χ3v) is 3.26. The smallest absolute Gasteiger partial charge is 0.248 e. The molecule has 90 valence electrons. The van der Waals surface area contributed by atoms with Crippen LogP contribution in [0.25, 0.3) is 0 Å². The fraction of sp³-hybridized carbons (Fsp3) is 0.545. The molecule has 0 saturated heterocycles. The minimum Gasteiger partial charge on any atom is -0.396 e. The van der Waals surface area contributed by atoms with Gasteiger partial charge >= 0.3 is 0 Å². The third kappa shape index (κ3) is 1.90. The van der Waals surface area contributed by atoms with Crippen LogP contribution in [0.15, 0.2) is 16.9 Å². The molecule has 17 heavy (non-hydrogen) atoms. The molecule has 0 aliphatic heterocycles. The number of nitrogens with zero attached hydrogens (tertiary/aromatic N) is 4. The van der Waals surface area contributed by atoms with Crippen molar-refractivity contribution in [2.75, 3.05) is 5.73 Å². The highest BCUT2D eigenvalue weighted by Gasteiger charge is 2.49. The number of aromatic nitrogens is 4. The van der Waals surface area contributed by atoms with Gasteiger partial charge in [-0.25, -0.2) is 0 Å². The summed E-state index contributed by atoms with van der Waals surface area (Å²) in [5.41, 5.74) is 6.53. The predicted octanol–water partition coefficient (Wildman–Crippen LogP) is 1.41. The molecular formula is C11H15N5O. The Morgan fingerprint density at radius 1 is 1.59 bits per heavy atom. The van der Waals surface area contributed by atoms with Gasteiger partial charge in [-0.05, 0) is 11.8 Å². The van der Waals surface area contributed by atoms with Crippen LogP contribution in [0.1, 0.15) is 37.9 Å². The predicted molar refractivity (Wildman–Crippen MR) is 61.2 cm³/mol. The van der Waals surface area contributed by atoms with Gasteiger partial charge in [0.25, 0.3) is 0 Å². The highest BCUT2D eigenvalue weighted by Crippen LogP contribution is 2.57. The molecule has 6 heteroatoms. The van der Waals surface area contributed by atoms with Crippen LogP contribution in [-0.4, -0.2) is 19.9 Å². The van der Waals surface area contributed by atoms with Crippen molar-refractivity contribution in [3.63, 3.8) is 0 Å². The van der Waals surface area contributed by atoms with Crippen LogP contribution >= 0.6 is 0 Å². The van der Waals surface area contributed by atoms with Crippen LogP contribution in [0.5, 0.6) is 0 Å². The summed E-state index contributed by atoms with van der Waals surface area (Å²) < 4.78 is 6.89. The molecule has 1 saturated carbocycles. The average Bonchev–Trinajstić information content (AvgIpc) is 2.69. The molecule has 2 aromatic rings. The minimum atomic E-state index is 0.317. The summed E-state index contributed by atoms with van der Waals surface area (Å²) in [7, 11) is 0. The van der Waals surface area contributed by atoms with Gasteiger partial charge < -0.3 is 10.3 Å². The Morgan fingerprint density at radius 3 is 2.94 bits per heavy atom. The van der Waals surface area contributed by atoms with E-state index in [2.05, 4.69) is 29.1 Å². The largest absolute Gasteiger partial charge is 0.396 e. The molecule has 0 radical (unpaired) electrons. The zero-order valence-electron chi connectivity index (χ0n) is 9.92. The maximum Gasteiger partial charge on any atom is 0.248 e. The van der Waals surface area contributed by atoms with Crippen molar-refractivity contribution < 1.29 is 4.52 Å². The van der Waals surface area contributed by atoms with Crippen LogP contribution in [0.4, 0.5) is 5.69 Å². The maximum atomic E-state index is 5.58. The van der Waals surface area contributed by atoms with Crippen LogP contribution in [-0.2, 0) is 6.54 Å². The van der Waals surface area contributed by atoms with Gasteiger partial charge in [0.05, 0.1) is 11.9 Å². The lowest BCUT2D eigenvalue weighted by Crippen LogP contribution is -2.00. The molecule has 3 rings (SSSR count). The van der Waals surface area contributed by atoms with Crippen molar-refractivity contribution in [3.05, 3.63) is 24.1 Å². The maximum absolute atomic E-state index is 5.58. The molecule has 0 aromatic carbocycles. The van der Waals surface area contributed by atoms with Crippen molar-refractivity contribution >= 4 is 5.69 Å². The summed E-state index contributed by atoms with van der Waals surface area (Å²) >= 11 is 0. The van der Waals surface area contributed by atoms with Crippen LogP contribution in [0, 0.1) is 5.41 Å². The van der Waals surface area contributed by atoms with Gasteiger partial charge in [-0.1, -0.05) is 19.0 Å². The summed E-state index contributed by atoms with van der Waals surface area (Å²) in [4.78, 5) is 4.39. The van der Waals surface area contributed by atoms with Gasteiger partial charge in [-0.3, -0.25) is 4.68 Å². The molecule has 0 amide bonds. The van der Waals surface area contributed by atoms with Crippen molar-refractivity contribution in [2.45, 2.75) is 32.7 Å². The first-order valence-corrected chi connectivity index (χ1v) is 5.65. The zero-order chi connectivity index (χ0) is 12.0. The van der Waals surface area contributed by atoms with Crippen LogP contribution < -0.4 is 5.73 Å². The quantitative estimate of drug-likeness (QED) is 0.866. The third-order valence-electron chi connectivity index (χ3n) is 3.26. The molecule has 2 N–H and O–H groups in total. The summed E-state index contributed by atoms with van der Waals surface area (Å²) in [6.45, 7) is 4.89. The minimum absolute atomic E-state index is 0.317. The Hall–Kier alpha value is -1.85. The fourth-order valence-corrected chi connectivity index (χ4v) is 1.99. The van der Waals surface area contributed by atoms with E-state index in [1.54, 1.807) is 17.1 Å². The SMILES string of the molecule is CC1(C)CC1c1noc(Cn2cc(N)cn2)n1. The van der Waals surface area contributed by atoms with Gasteiger partial charge in [-0.2, -0.15) is 10.1 Å². The highest BCUT2D eigenvalue weighted by molar-refractivity contribution is 5.30. The lowest BCUT2D eigenvalue weighted by molar-refractivity contribution is 0.360. The van der Waals surface area contributed by atoms with Crippen molar-refractivity contribution in [1.82, 2.24) is 19.9 Å². The second kappa shape index (κ2) is 3.32. The van der Waals surface area contributed by atoms with Gasteiger partial charge in [0, 0.05) is 12.1 Å². The molecule has 1 aliphatic carbocycles. The monoisotopic (exact) mass is 233 g/mol. The van der Waals surface area contributed by atoms with Crippen LogP contribution in [0.3, 0.4) is 0 Å². The number of nitrogens with two attached hydrogens (primary N) is 1. The topological polar surface area (TPSA) is 82.8 Å². The molecule has 1 fully saturated rings. The van der Waals surface area contributed by atoms with E-state index in [1.165, 1.54) is 0 Å². The van der Waals surface area contributed by atoms with E-state index in [0.717, 1.165) is 12.2 Å². The first-order valence-electron chi connectivity index (χ1n) is 5.65. The van der Waals surface area contributed by atoms with E-state index >= 15 is 0 Å². The van der Waals surface area contributed by atoms with E-state index in [0.29, 0.717) is 29.5 Å². The van der Waals surface area contributed by atoms with Crippen molar-refractivity contribution in [1.29, 1.82) is 0 Å². The average molecular weight is 233 g/mol. The van der Waals surface area contributed by atoms with Gasteiger partial charge in [0.2, 0.25) is 5.89 Å². The molecule has 1 unspecified atom stereocenters.